The first-order valence-electron chi connectivity index (χ1n) is 11.3. The van der Waals surface area contributed by atoms with Gasteiger partial charge < -0.3 is 20.7 Å². The predicted octanol–water partition coefficient (Wildman–Crippen LogP) is 3.32. The van der Waals surface area contributed by atoms with Crippen molar-refractivity contribution in [2.24, 2.45) is 10.9 Å². The molecule has 0 bridgehead atoms. The van der Waals surface area contributed by atoms with Gasteiger partial charge in [-0.3, -0.25) is 9.89 Å². The molecular formula is C25H37N5O. The van der Waals surface area contributed by atoms with E-state index in [0.29, 0.717) is 12.0 Å². The number of para-hydroxylation sites is 1. The van der Waals surface area contributed by atoms with Gasteiger partial charge in [-0.05, 0) is 29.2 Å². The van der Waals surface area contributed by atoms with Gasteiger partial charge in [0.05, 0.1) is 13.2 Å². The molecule has 2 aromatic rings. The zero-order valence-corrected chi connectivity index (χ0v) is 19.1. The number of hydrogen-bond acceptors (Lipinski definition) is 4. The zero-order valence-electron chi connectivity index (χ0n) is 19.1. The number of nitrogens with zero attached hydrogens (tertiary/aromatic N) is 2. The molecule has 3 rings (SSSR count). The van der Waals surface area contributed by atoms with E-state index in [1.807, 2.05) is 13.1 Å². The molecule has 0 aromatic heterocycles. The molecule has 0 saturated carbocycles. The summed E-state index contributed by atoms with van der Waals surface area (Å²) in [7, 11) is 1.82. The maximum Gasteiger partial charge on any atom is 0.191 e. The maximum atomic E-state index is 5.48. The molecule has 1 heterocycles. The SMILES string of the molecule is CN=C(NCc1ccccc1CN1CCOCC1)NCC(Nc1ccccc1)C(C)C. The Hall–Kier alpha value is -2.57. The van der Waals surface area contributed by atoms with Gasteiger partial charge in [0.15, 0.2) is 5.96 Å². The number of anilines is 1. The van der Waals surface area contributed by atoms with E-state index in [-0.39, 0.29) is 0 Å². The number of nitrogens with one attached hydrogen (secondary N) is 3. The van der Waals surface area contributed by atoms with Crippen LogP contribution >= 0.6 is 0 Å². The van der Waals surface area contributed by atoms with E-state index in [9.17, 15) is 0 Å². The Morgan fingerprint density at radius 1 is 0.968 bits per heavy atom. The highest BCUT2D eigenvalue weighted by atomic mass is 16.5. The Kier molecular flexibility index (Phi) is 9.18. The molecule has 1 aliphatic heterocycles. The zero-order chi connectivity index (χ0) is 21.9. The maximum absolute atomic E-state index is 5.48. The van der Waals surface area contributed by atoms with Crippen LogP contribution < -0.4 is 16.0 Å². The molecule has 0 amide bonds. The Balaban J connectivity index is 1.53. The van der Waals surface area contributed by atoms with Crippen LogP contribution in [0.2, 0.25) is 0 Å². The molecule has 3 N–H and O–H groups in total. The normalized spacial score (nSPS) is 16.2. The van der Waals surface area contributed by atoms with Crippen LogP contribution in [0.25, 0.3) is 0 Å². The second-order valence-corrected chi connectivity index (χ2v) is 8.32. The number of rotatable bonds is 9. The van der Waals surface area contributed by atoms with Gasteiger partial charge in [0.2, 0.25) is 0 Å². The second-order valence-electron chi connectivity index (χ2n) is 8.32. The first kappa shape index (κ1) is 23.1. The molecule has 2 aromatic carbocycles. The van der Waals surface area contributed by atoms with Gasteiger partial charge in [-0.25, -0.2) is 0 Å². The third kappa shape index (κ3) is 7.56. The van der Waals surface area contributed by atoms with Crippen molar-refractivity contribution in [1.29, 1.82) is 0 Å². The summed E-state index contributed by atoms with van der Waals surface area (Å²) in [5.41, 5.74) is 3.81. The van der Waals surface area contributed by atoms with Gasteiger partial charge in [-0.2, -0.15) is 0 Å². The van der Waals surface area contributed by atoms with Crippen molar-refractivity contribution in [3.8, 4) is 0 Å². The minimum atomic E-state index is 0.301. The average molecular weight is 424 g/mol. The van der Waals surface area contributed by atoms with Crippen molar-refractivity contribution >= 4 is 11.6 Å². The molecule has 1 fully saturated rings. The van der Waals surface area contributed by atoms with E-state index in [1.165, 1.54) is 11.1 Å². The van der Waals surface area contributed by atoms with Crippen LogP contribution in [0.15, 0.2) is 59.6 Å². The second kappa shape index (κ2) is 12.3. The third-order valence-electron chi connectivity index (χ3n) is 5.71. The highest BCUT2D eigenvalue weighted by molar-refractivity contribution is 5.79. The summed E-state index contributed by atoms with van der Waals surface area (Å²) in [6.07, 6.45) is 0. The molecule has 1 unspecified atom stereocenters. The molecule has 31 heavy (non-hydrogen) atoms. The lowest BCUT2D eigenvalue weighted by molar-refractivity contribution is 0.0341. The minimum absolute atomic E-state index is 0.301. The molecule has 168 valence electrons. The van der Waals surface area contributed by atoms with Crippen LogP contribution in [0, 0.1) is 5.92 Å². The fourth-order valence-corrected chi connectivity index (χ4v) is 3.69. The van der Waals surface area contributed by atoms with Crippen molar-refractivity contribution in [2.45, 2.75) is 33.0 Å². The van der Waals surface area contributed by atoms with E-state index in [1.54, 1.807) is 0 Å². The van der Waals surface area contributed by atoms with Crippen molar-refractivity contribution in [1.82, 2.24) is 15.5 Å². The molecule has 1 saturated heterocycles. The Morgan fingerprint density at radius 2 is 1.65 bits per heavy atom. The van der Waals surface area contributed by atoms with Crippen molar-refractivity contribution in [3.63, 3.8) is 0 Å². The highest BCUT2D eigenvalue weighted by Gasteiger charge is 2.15. The summed E-state index contributed by atoms with van der Waals surface area (Å²) in [5.74, 6) is 1.31. The van der Waals surface area contributed by atoms with E-state index in [4.69, 9.17) is 4.74 Å². The summed E-state index contributed by atoms with van der Waals surface area (Å²) in [6.45, 7) is 10.6. The summed E-state index contributed by atoms with van der Waals surface area (Å²) in [6, 6.07) is 19.3. The minimum Gasteiger partial charge on any atom is -0.380 e. The fourth-order valence-electron chi connectivity index (χ4n) is 3.69. The van der Waals surface area contributed by atoms with Gasteiger partial charge in [-0.1, -0.05) is 56.3 Å². The molecule has 1 atom stereocenters. The molecule has 6 heteroatoms. The molecular weight excluding hydrogens is 386 g/mol. The van der Waals surface area contributed by atoms with Crippen LogP contribution in [0.4, 0.5) is 5.69 Å². The monoisotopic (exact) mass is 423 g/mol. The summed E-state index contributed by atoms with van der Waals surface area (Å²) >= 11 is 0. The quantitative estimate of drug-likeness (QED) is 0.427. The molecule has 0 spiro atoms. The predicted molar refractivity (Wildman–Crippen MR) is 129 cm³/mol. The van der Waals surface area contributed by atoms with E-state index < -0.39 is 0 Å². The Morgan fingerprint density at radius 3 is 2.32 bits per heavy atom. The summed E-state index contributed by atoms with van der Waals surface area (Å²) in [4.78, 5) is 6.88. The van der Waals surface area contributed by atoms with Crippen LogP contribution in [-0.2, 0) is 17.8 Å². The Bertz CT molecular complexity index is 803. The molecule has 0 radical (unpaired) electrons. The van der Waals surface area contributed by atoms with Crippen LogP contribution in [-0.4, -0.2) is 56.8 Å². The van der Waals surface area contributed by atoms with Crippen molar-refractivity contribution in [2.75, 3.05) is 45.2 Å². The third-order valence-corrected chi connectivity index (χ3v) is 5.71. The topological polar surface area (TPSA) is 60.9 Å². The first-order chi connectivity index (χ1) is 15.2. The highest BCUT2D eigenvalue weighted by Crippen LogP contribution is 2.14. The standard InChI is InChI=1S/C25H37N5O/c1-20(2)24(29-23-11-5-4-6-12-23)18-28-25(26-3)27-17-21-9-7-8-10-22(21)19-30-13-15-31-16-14-30/h4-12,20,24,29H,13-19H2,1-3H3,(H2,26,27,28). The summed E-state index contributed by atoms with van der Waals surface area (Å²) < 4.78 is 5.48. The number of benzene rings is 2. The number of ether oxygens (including phenoxy) is 1. The lowest BCUT2D eigenvalue weighted by atomic mass is 10.0. The molecule has 0 aliphatic carbocycles. The average Bonchev–Trinajstić information content (AvgIpc) is 2.80. The van der Waals surface area contributed by atoms with Gasteiger partial charge >= 0.3 is 0 Å². The first-order valence-corrected chi connectivity index (χ1v) is 11.3. The Labute approximate surface area is 187 Å². The molecule has 6 nitrogen and oxygen atoms in total. The lowest BCUT2D eigenvalue weighted by Crippen LogP contribution is -2.44. The summed E-state index contributed by atoms with van der Waals surface area (Å²) in [5, 5.41) is 10.6. The molecule has 1 aliphatic rings. The number of morpholine rings is 1. The van der Waals surface area contributed by atoms with E-state index in [2.05, 4.69) is 88.2 Å². The van der Waals surface area contributed by atoms with Gasteiger partial charge in [0, 0.05) is 51.5 Å². The van der Waals surface area contributed by atoms with E-state index >= 15 is 0 Å². The van der Waals surface area contributed by atoms with Crippen molar-refractivity contribution in [3.05, 3.63) is 65.7 Å². The number of hydrogen-bond donors (Lipinski definition) is 3. The van der Waals surface area contributed by atoms with Crippen LogP contribution in [0.3, 0.4) is 0 Å². The smallest absolute Gasteiger partial charge is 0.191 e. The van der Waals surface area contributed by atoms with Gasteiger partial charge in [0.25, 0.3) is 0 Å². The van der Waals surface area contributed by atoms with E-state index in [0.717, 1.165) is 57.6 Å². The number of aliphatic imine (C=N–C) groups is 1. The van der Waals surface area contributed by atoms with Gasteiger partial charge in [-0.15, -0.1) is 0 Å². The van der Waals surface area contributed by atoms with Crippen LogP contribution in [0.1, 0.15) is 25.0 Å². The largest absolute Gasteiger partial charge is 0.380 e. The number of guanidine groups is 1. The lowest BCUT2D eigenvalue weighted by Gasteiger charge is -2.27. The fraction of sp³-hybridized carbons (Fsp3) is 0.480. The van der Waals surface area contributed by atoms with Crippen molar-refractivity contribution < 1.29 is 4.74 Å². The van der Waals surface area contributed by atoms with Gasteiger partial charge in [0.1, 0.15) is 0 Å². The van der Waals surface area contributed by atoms with Crippen LogP contribution in [0.5, 0.6) is 0 Å².